The summed E-state index contributed by atoms with van der Waals surface area (Å²) in [6.45, 7) is 3.91. The van der Waals surface area contributed by atoms with Gasteiger partial charge in [0.05, 0.1) is 12.5 Å². The molecule has 118 valence electrons. The molecule has 1 aliphatic heterocycles. The number of carboxylic acids is 1. The molecule has 2 rings (SSSR count). The van der Waals surface area contributed by atoms with Crippen molar-refractivity contribution in [2.75, 3.05) is 13.1 Å². The molecule has 1 N–H and O–H groups in total. The number of piperazine rings is 1. The molecule has 1 heterocycles. The number of aliphatic carboxylic acids is 1. The summed E-state index contributed by atoms with van der Waals surface area (Å²) in [7, 11) is 0. The molecule has 6 heteroatoms. The van der Waals surface area contributed by atoms with Crippen molar-refractivity contribution in [2.45, 2.75) is 32.4 Å². The number of nitrogens with zero attached hydrogens (tertiary/aromatic N) is 2. The molecule has 0 bridgehead atoms. The fourth-order valence-corrected chi connectivity index (χ4v) is 3.04. The maximum atomic E-state index is 12.5. The Morgan fingerprint density at radius 3 is 2.36 bits per heavy atom. The lowest BCUT2D eigenvalue weighted by molar-refractivity contribution is -0.143. The van der Waals surface area contributed by atoms with Crippen LogP contribution in [0.5, 0.6) is 0 Å². The Morgan fingerprint density at radius 2 is 1.82 bits per heavy atom. The number of carbonyl (C=O) groups excluding carboxylic acids is 2. The Bertz CT molecular complexity index is 573. The lowest BCUT2D eigenvalue weighted by atomic mass is 10.0. The minimum Gasteiger partial charge on any atom is -0.481 e. The van der Waals surface area contributed by atoms with Gasteiger partial charge in [0.25, 0.3) is 5.91 Å². The summed E-state index contributed by atoms with van der Waals surface area (Å²) in [5.74, 6) is -1.27. The van der Waals surface area contributed by atoms with Crippen molar-refractivity contribution in [3.05, 3.63) is 35.9 Å². The quantitative estimate of drug-likeness (QED) is 0.911. The van der Waals surface area contributed by atoms with Gasteiger partial charge < -0.3 is 14.9 Å². The Labute approximate surface area is 129 Å². The molecule has 0 unspecified atom stereocenters. The van der Waals surface area contributed by atoms with Crippen LogP contribution in [0, 0.1) is 0 Å². The van der Waals surface area contributed by atoms with E-state index in [9.17, 15) is 14.4 Å². The number of carboxylic acid groups (broad SMARTS) is 1. The molecule has 0 saturated carbocycles. The standard InChI is InChI=1S/C16H20N2O4/c1-11-9-17(16(22)13-6-4-3-5-7-13)10-14(8-15(20)21)18(11)12(2)19/h3-7,11,14H,8-10H2,1-2H3,(H,20,21)/t11-,14-/m1/s1. The predicted octanol–water partition coefficient (Wildman–Crippen LogP) is 1.22. The number of rotatable bonds is 3. The van der Waals surface area contributed by atoms with Crippen LogP contribution in [-0.4, -0.2) is 57.9 Å². The van der Waals surface area contributed by atoms with E-state index in [-0.39, 0.29) is 30.8 Å². The molecule has 0 aromatic heterocycles. The van der Waals surface area contributed by atoms with Crippen LogP contribution in [0.25, 0.3) is 0 Å². The molecule has 2 amide bonds. The second kappa shape index (κ2) is 6.60. The summed E-state index contributed by atoms with van der Waals surface area (Å²) in [6.07, 6.45) is -0.164. The Kier molecular flexibility index (Phi) is 4.80. The normalized spacial score (nSPS) is 21.5. The van der Waals surface area contributed by atoms with E-state index >= 15 is 0 Å². The lowest BCUT2D eigenvalue weighted by Gasteiger charge is -2.45. The van der Waals surface area contributed by atoms with Gasteiger partial charge in [0.2, 0.25) is 5.91 Å². The van der Waals surface area contributed by atoms with Crippen LogP contribution in [0.3, 0.4) is 0 Å². The highest BCUT2D eigenvalue weighted by Gasteiger charge is 2.36. The van der Waals surface area contributed by atoms with Gasteiger partial charge in [0, 0.05) is 31.6 Å². The second-order valence-electron chi connectivity index (χ2n) is 5.60. The minimum atomic E-state index is -0.975. The SMILES string of the molecule is CC(=O)N1[C@H](CC(=O)O)CN(C(=O)c2ccccc2)C[C@H]1C. The van der Waals surface area contributed by atoms with E-state index in [2.05, 4.69) is 0 Å². The van der Waals surface area contributed by atoms with Crippen molar-refractivity contribution in [1.29, 1.82) is 0 Å². The summed E-state index contributed by atoms with van der Waals surface area (Å²) >= 11 is 0. The number of hydrogen-bond donors (Lipinski definition) is 1. The molecule has 1 aromatic carbocycles. The van der Waals surface area contributed by atoms with Gasteiger partial charge in [-0.3, -0.25) is 14.4 Å². The maximum absolute atomic E-state index is 12.5. The first-order chi connectivity index (χ1) is 10.4. The summed E-state index contributed by atoms with van der Waals surface area (Å²) in [4.78, 5) is 38.6. The molecule has 0 radical (unpaired) electrons. The van der Waals surface area contributed by atoms with E-state index in [1.54, 1.807) is 34.1 Å². The number of amides is 2. The van der Waals surface area contributed by atoms with Crippen LogP contribution in [0.2, 0.25) is 0 Å². The Hall–Kier alpha value is -2.37. The highest BCUT2D eigenvalue weighted by Crippen LogP contribution is 2.20. The van der Waals surface area contributed by atoms with Crippen LogP contribution in [0.4, 0.5) is 0 Å². The van der Waals surface area contributed by atoms with Gasteiger partial charge in [-0.15, -0.1) is 0 Å². The van der Waals surface area contributed by atoms with Gasteiger partial charge in [-0.1, -0.05) is 18.2 Å². The van der Waals surface area contributed by atoms with Gasteiger partial charge in [-0.25, -0.2) is 0 Å². The smallest absolute Gasteiger partial charge is 0.305 e. The zero-order valence-corrected chi connectivity index (χ0v) is 12.7. The van der Waals surface area contributed by atoms with Gasteiger partial charge in [-0.2, -0.15) is 0 Å². The molecule has 0 aliphatic carbocycles. The minimum absolute atomic E-state index is 0.133. The largest absolute Gasteiger partial charge is 0.481 e. The first kappa shape index (κ1) is 16.0. The fourth-order valence-electron chi connectivity index (χ4n) is 3.04. The van der Waals surface area contributed by atoms with Crippen molar-refractivity contribution in [2.24, 2.45) is 0 Å². The number of carbonyl (C=O) groups is 3. The zero-order valence-electron chi connectivity index (χ0n) is 12.7. The Balaban J connectivity index is 2.20. The van der Waals surface area contributed by atoms with Crippen LogP contribution >= 0.6 is 0 Å². The molecule has 1 aliphatic rings. The summed E-state index contributed by atoms with van der Waals surface area (Å²) < 4.78 is 0. The monoisotopic (exact) mass is 304 g/mol. The average molecular weight is 304 g/mol. The summed E-state index contributed by atoms with van der Waals surface area (Å²) in [5, 5.41) is 9.05. The van der Waals surface area contributed by atoms with Crippen LogP contribution in [0.15, 0.2) is 30.3 Å². The van der Waals surface area contributed by atoms with Crippen LogP contribution in [-0.2, 0) is 9.59 Å². The highest BCUT2D eigenvalue weighted by molar-refractivity contribution is 5.94. The van der Waals surface area contributed by atoms with E-state index in [0.717, 1.165) is 0 Å². The van der Waals surface area contributed by atoms with Crippen LogP contribution in [0.1, 0.15) is 30.6 Å². The average Bonchev–Trinajstić information content (AvgIpc) is 2.45. The molecule has 2 atom stereocenters. The maximum Gasteiger partial charge on any atom is 0.305 e. The van der Waals surface area contributed by atoms with Crippen molar-refractivity contribution < 1.29 is 19.5 Å². The van der Waals surface area contributed by atoms with Gasteiger partial charge >= 0.3 is 5.97 Å². The third-order valence-corrected chi connectivity index (χ3v) is 3.87. The van der Waals surface area contributed by atoms with E-state index in [0.29, 0.717) is 12.1 Å². The van der Waals surface area contributed by atoms with Crippen molar-refractivity contribution in [1.82, 2.24) is 9.80 Å². The van der Waals surface area contributed by atoms with E-state index in [1.165, 1.54) is 6.92 Å². The van der Waals surface area contributed by atoms with Gasteiger partial charge in [-0.05, 0) is 19.1 Å². The van der Waals surface area contributed by atoms with Crippen molar-refractivity contribution in [3.8, 4) is 0 Å². The lowest BCUT2D eigenvalue weighted by Crippen LogP contribution is -2.60. The molecule has 22 heavy (non-hydrogen) atoms. The highest BCUT2D eigenvalue weighted by atomic mass is 16.4. The van der Waals surface area contributed by atoms with Crippen molar-refractivity contribution >= 4 is 17.8 Å². The molecule has 0 spiro atoms. The van der Waals surface area contributed by atoms with Crippen molar-refractivity contribution in [3.63, 3.8) is 0 Å². The predicted molar refractivity (Wildman–Crippen MR) is 80.4 cm³/mol. The summed E-state index contributed by atoms with van der Waals surface area (Å²) in [6, 6.07) is 8.18. The first-order valence-electron chi connectivity index (χ1n) is 7.25. The fraction of sp³-hybridized carbons (Fsp3) is 0.438. The zero-order chi connectivity index (χ0) is 16.3. The molecular formula is C16H20N2O4. The summed E-state index contributed by atoms with van der Waals surface area (Å²) in [5.41, 5.74) is 0.569. The van der Waals surface area contributed by atoms with E-state index < -0.39 is 12.0 Å². The third-order valence-electron chi connectivity index (χ3n) is 3.87. The second-order valence-corrected chi connectivity index (χ2v) is 5.60. The topological polar surface area (TPSA) is 77.9 Å². The number of benzene rings is 1. The third kappa shape index (κ3) is 3.44. The molecule has 6 nitrogen and oxygen atoms in total. The van der Waals surface area contributed by atoms with E-state index in [4.69, 9.17) is 5.11 Å². The molecule has 1 fully saturated rings. The molecular weight excluding hydrogens is 284 g/mol. The van der Waals surface area contributed by atoms with E-state index in [1.807, 2.05) is 13.0 Å². The van der Waals surface area contributed by atoms with Crippen LogP contribution < -0.4 is 0 Å². The van der Waals surface area contributed by atoms with Gasteiger partial charge in [0.15, 0.2) is 0 Å². The Morgan fingerprint density at radius 1 is 1.18 bits per heavy atom. The van der Waals surface area contributed by atoms with Gasteiger partial charge in [0.1, 0.15) is 0 Å². The molecule has 1 saturated heterocycles. The first-order valence-corrected chi connectivity index (χ1v) is 7.25. The number of hydrogen-bond acceptors (Lipinski definition) is 3. The molecule has 1 aromatic rings.